The summed E-state index contributed by atoms with van der Waals surface area (Å²) in [5.41, 5.74) is 3.64. The van der Waals surface area contributed by atoms with Gasteiger partial charge in [-0.3, -0.25) is 9.36 Å². The van der Waals surface area contributed by atoms with E-state index in [1.54, 1.807) is 38.1 Å². The van der Waals surface area contributed by atoms with Crippen LogP contribution in [0.4, 0.5) is 0 Å². The summed E-state index contributed by atoms with van der Waals surface area (Å²) in [7, 11) is 0. The van der Waals surface area contributed by atoms with Crippen LogP contribution in [0.1, 0.15) is 42.1 Å². The Kier molecular flexibility index (Phi) is 8.71. The number of rotatable bonds is 7. The second-order valence-electron chi connectivity index (χ2n) is 9.40. The Morgan fingerprint density at radius 3 is 2.49 bits per heavy atom. The zero-order chi connectivity index (χ0) is 29.3. The van der Waals surface area contributed by atoms with Crippen molar-refractivity contribution in [2.24, 2.45) is 4.99 Å². The number of esters is 1. The summed E-state index contributed by atoms with van der Waals surface area (Å²) in [6.07, 6.45) is 1.68. The molecule has 1 aliphatic heterocycles. The fraction of sp³-hybridized carbons (Fsp3) is 0.194. The normalized spacial score (nSPS) is 15.0. The number of carbonyl (C=O) groups excluding carboxylic acids is 1. The largest absolute Gasteiger partial charge is 0.487 e. The predicted octanol–water partition coefficient (Wildman–Crippen LogP) is 6.65. The van der Waals surface area contributed by atoms with Crippen molar-refractivity contribution in [3.8, 4) is 5.75 Å². The standard InChI is InChI=1S/C31H25Cl3N2O4S/c1-4-39-30(38)26-18(3)35-31-36(27(26)19-11-9-17(2)10-12-19)29(37)25(41-31)14-21-13-22(32)15-24(34)28(21)40-16-20-7-5-6-8-23(20)33/h5-15,27H,4,16H2,1-3H3/b25-14-/t27-/m0/s1. The van der Waals surface area contributed by atoms with Crippen LogP contribution in [0.3, 0.4) is 0 Å². The highest BCUT2D eigenvalue weighted by molar-refractivity contribution is 7.07. The number of halogens is 3. The number of carbonyl (C=O) groups is 1. The number of aryl methyl sites for hydroxylation is 1. The van der Waals surface area contributed by atoms with Crippen LogP contribution in [0.15, 0.2) is 81.7 Å². The highest BCUT2D eigenvalue weighted by Gasteiger charge is 2.33. The molecule has 1 aliphatic rings. The number of nitrogens with zero attached hydrogens (tertiary/aromatic N) is 2. The lowest BCUT2D eigenvalue weighted by Gasteiger charge is -2.24. The summed E-state index contributed by atoms with van der Waals surface area (Å²) in [5, 5.41) is 1.25. The average molecular weight is 628 g/mol. The monoisotopic (exact) mass is 626 g/mol. The Balaban J connectivity index is 1.65. The fourth-order valence-corrected chi connectivity index (χ4v) is 6.39. The quantitative estimate of drug-likeness (QED) is 0.215. The predicted molar refractivity (Wildman–Crippen MR) is 164 cm³/mol. The smallest absolute Gasteiger partial charge is 0.338 e. The number of allylic oxidation sites excluding steroid dienone is 1. The number of aromatic nitrogens is 1. The molecule has 4 aromatic rings. The van der Waals surface area contributed by atoms with Gasteiger partial charge in [-0.25, -0.2) is 9.79 Å². The van der Waals surface area contributed by atoms with Crippen LogP contribution in [0.25, 0.3) is 6.08 Å². The van der Waals surface area contributed by atoms with Gasteiger partial charge in [-0.15, -0.1) is 0 Å². The molecule has 0 unspecified atom stereocenters. The minimum Gasteiger partial charge on any atom is -0.487 e. The number of fused-ring (bicyclic) bond motifs is 1. The molecule has 10 heteroatoms. The van der Waals surface area contributed by atoms with E-state index in [9.17, 15) is 9.59 Å². The minimum absolute atomic E-state index is 0.165. The van der Waals surface area contributed by atoms with Crippen molar-refractivity contribution in [3.05, 3.63) is 129 Å². The van der Waals surface area contributed by atoms with Gasteiger partial charge in [-0.1, -0.05) is 94.2 Å². The van der Waals surface area contributed by atoms with E-state index in [0.717, 1.165) is 16.7 Å². The van der Waals surface area contributed by atoms with Gasteiger partial charge in [0, 0.05) is 21.2 Å². The Bertz CT molecular complexity index is 1860. The Morgan fingerprint density at radius 2 is 1.78 bits per heavy atom. The van der Waals surface area contributed by atoms with Crippen molar-refractivity contribution in [1.29, 1.82) is 0 Å². The number of thiazole rings is 1. The first-order chi connectivity index (χ1) is 19.7. The van der Waals surface area contributed by atoms with E-state index < -0.39 is 12.0 Å². The van der Waals surface area contributed by atoms with Crippen molar-refractivity contribution in [3.63, 3.8) is 0 Å². The molecule has 0 aliphatic carbocycles. The van der Waals surface area contributed by atoms with Crippen LogP contribution in [0.2, 0.25) is 15.1 Å². The molecular formula is C31H25Cl3N2O4S. The summed E-state index contributed by atoms with van der Waals surface area (Å²) in [6, 6.07) is 17.6. The molecule has 0 spiro atoms. The number of hydrogen-bond donors (Lipinski definition) is 0. The van der Waals surface area contributed by atoms with Crippen LogP contribution in [-0.4, -0.2) is 17.1 Å². The molecule has 41 heavy (non-hydrogen) atoms. The molecule has 0 fully saturated rings. The number of ether oxygens (including phenoxy) is 2. The third-order valence-corrected chi connectivity index (χ3v) is 8.41. The molecule has 5 rings (SSSR count). The van der Waals surface area contributed by atoms with Gasteiger partial charge in [-0.05, 0) is 50.6 Å². The van der Waals surface area contributed by atoms with Crippen LogP contribution < -0.4 is 19.6 Å². The van der Waals surface area contributed by atoms with E-state index in [0.29, 0.717) is 47.0 Å². The first-order valence-corrected chi connectivity index (χ1v) is 14.7. The van der Waals surface area contributed by atoms with E-state index in [-0.39, 0.29) is 18.8 Å². The highest BCUT2D eigenvalue weighted by Crippen LogP contribution is 2.34. The lowest BCUT2D eigenvalue weighted by atomic mass is 9.95. The second kappa shape index (κ2) is 12.2. The SMILES string of the molecule is CCOC(=O)C1=C(C)N=c2s/c(=C\c3cc(Cl)cc(Cl)c3OCc3ccccc3Cl)c(=O)n2[C@H]1c1ccc(C)cc1. The lowest BCUT2D eigenvalue weighted by molar-refractivity contribution is -0.139. The van der Waals surface area contributed by atoms with Gasteiger partial charge < -0.3 is 9.47 Å². The summed E-state index contributed by atoms with van der Waals surface area (Å²) >= 11 is 20.4. The van der Waals surface area contributed by atoms with E-state index in [1.807, 2.05) is 49.4 Å². The van der Waals surface area contributed by atoms with Crippen molar-refractivity contribution in [2.45, 2.75) is 33.4 Å². The molecule has 0 bridgehead atoms. The maximum Gasteiger partial charge on any atom is 0.338 e. The zero-order valence-electron chi connectivity index (χ0n) is 22.4. The molecule has 6 nitrogen and oxygen atoms in total. The van der Waals surface area contributed by atoms with E-state index >= 15 is 0 Å². The maximum atomic E-state index is 14.0. The first-order valence-electron chi connectivity index (χ1n) is 12.8. The molecule has 0 radical (unpaired) electrons. The number of benzene rings is 3. The van der Waals surface area contributed by atoms with E-state index in [4.69, 9.17) is 44.3 Å². The second-order valence-corrected chi connectivity index (χ2v) is 11.7. The molecule has 2 heterocycles. The van der Waals surface area contributed by atoms with Crippen molar-refractivity contribution in [1.82, 2.24) is 4.57 Å². The average Bonchev–Trinajstić information content (AvgIpc) is 3.23. The summed E-state index contributed by atoms with van der Waals surface area (Å²) in [5.74, 6) is -0.147. The molecule has 3 aromatic carbocycles. The maximum absolute atomic E-state index is 14.0. The molecule has 1 aromatic heterocycles. The topological polar surface area (TPSA) is 69.9 Å². The van der Waals surface area contributed by atoms with Crippen LogP contribution in [0, 0.1) is 6.92 Å². The minimum atomic E-state index is -0.702. The van der Waals surface area contributed by atoms with Crippen molar-refractivity contribution < 1.29 is 14.3 Å². The van der Waals surface area contributed by atoms with Gasteiger partial charge in [0.1, 0.15) is 12.4 Å². The third-order valence-electron chi connectivity index (χ3n) is 6.56. The van der Waals surface area contributed by atoms with Gasteiger partial charge >= 0.3 is 5.97 Å². The van der Waals surface area contributed by atoms with Gasteiger partial charge in [-0.2, -0.15) is 0 Å². The summed E-state index contributed by atoms with van der Waals surface area (Å²) < 4.78 is 13.4. The molecule has 1 atom stereocenters. The molecule has 0 saturated carbocycles. The Hall–Kier alpha value is -3.36. The van der Waals surface area contributed by atoms with Crippen LogP contribution in [0.5, 0.6) is 5.75 Å². The fourth-order valence-electron chi connectivity index (χ4n) is 4.60. The van der Waals surface area contributed by atoms with Crippen molar-refractivity contribution in [2.75, 3.05) is 6.61 Å². The van der Waals surface area contributed by atoms with Crippen LogP contribution in [-0.2, 0) is 16.1 Å². The third kappa shape index (κ3) is 5.99. The lowest BCUT2D eigenvalue weighted by Crippen LogP contribution is -2.39. The molecule has 0 saturated heterocycles. The molecule has 0 amide bonds. The first kappa shape index (κ1) is 29.1. The van der Waals surface area contributed by atoms with Crippen molar-refractivity contribution >= 4 is 58.2 Å². The molecule has 0 N–H and O–H groups in total. The Labute approximate surface area is 255 Å². The zero-order valence-corrected chi connectivity index (χ0v) is 25.5. The Morgan fingerprint density at radius 1 is 1.05 bits per heavy atom. The van der Waals surface area contributed by atoms with Gasteiger partial charge in [0.2, 0.25) is 0 Å². The van der Waals surface area contributed by atoms with E-state index in [2.05, 4.69) is 4.99 Å². The summed E-state index contributed by atoms with van der Waals surface area (Å²) in [6.45, 7) is 5.84. The van der Waals surface area contributed by atoms with Gasteiger partial charge in [0.25, 0.3) is 5.56 Å². The molecule has 210 valence electrons. The van der Waals surface area contributed by atoms with Crippen LogP contribution >= 0.6 is 46.1 Å². The van der Waals surface area contributed by atoms with Gasteiger partial charge in [0.05, 0.1) is 33.5 Å². The number of hydrogen-bond acceptors (Lipinski definition) is 6. The highest BCUT2D eigenvalue weighted by atomic mass is 35.5. The van der Waals surface area contributed by atoms with E-state index in [1.165, 1.54) is 15.9 Å². The summed E-state index contributed by atoms with van der Waals surface area (Å²) in [4.78, 5) is 32.2. The van der Waals surface area contributed by atoms with Gasteiger partial charge in [0.15, 0.2) is 4.80 Å². The molecular weight excluding hydrogens is 603 g/mol.